The number of H-pyrrole nitrogens is 1. The van der Waals surface area contributed by atoms with Gasteiger partial charge in [-0.3, -0.25) is 4.79 Å². The van der Waals surface area contributed by atoms with Crippen molar-refractivity contribution in [3.8, 4) is 0 Å². The van der Waals surface area contributed by atoms with Crippen LogP contribution in [0.5, 0.6) is 0 Å². The molecule has 0 radical (unpaired) electrons. The summed E-state index contributed by atoms with van der Waals surface area (Å²) in [5.74, 6) is -0.242. The van der Waals surface area contributed by atoms with Gasteiger partial charge in [0.05, 0.1) is 11.0 Å². The molecule has 0 aliphatic heterocycles. The first-order chi connectivity index (χ1) is 8.59. The molecule has 96 valence electrons. The van der Waals surface area contributed by atoms with Gasteiger partial charge >= 0.3 is 0 Å². The molecule has 2 aromatic rings. The number of aryl methyl sites for hydroxylation is 2. The Bertz CT molecular complexity index is 627. The van der Waals surface area contributed by atoms with E-state index in [1.165, 1.54) is 5.56 Å². The van der Waals surface area contributed by atoms with Crippen molar-refractivity contribution in [2.24, 2.45) is 5.73 Å². The largest absolute Gasteiger partial charge is 0.370 e. The highest BCUT2D eigenvalue weighted by atomic mass is 32.1. The van der Waals surface area contributed by atoms with Crippen LogP contribution in [0.1, 0.15) is 24.8 Å². The lowest BCUT2D eigenvalue weighted by atomic mass is 10.2. The fourth-order valence-corrected chi connectivity index (χ4v) is 2.48. The van der Waals surface area contributed by atoms with Crippen molar-refractivity contribution in [1.82, 2.24) is 9.55 Å². The quantitative estimate of drug-likeness (QED) is 0.643. The smallest absolute Gasteiger partial charge is 0.217 e. The van der Waals surface area contributed by atoms with E-state index < -0.39 is 0 Å². The number of unbranched alkanes of at least 4 members (excludes halogenated alkanes) is 1. The first-order valence-electron chi connectivity index (χ1n) is 6.06. The average Bonchev–Trinajstić information content (AvgIpc) is 2.62. The molecule has 1 amide bonds. The Morgan fingerprint density at radius 2 is 2.22 bits per heavy atom. The van der Waals surface area contributed by atoms with Crippen molar-refractivity contribution in [2.45, 2.75) is 32.7 Å². The maximum absolute atomic E-state index is 10.7. The minimum absolute atomic E-state index is 0.242. The Morgan fingerprint density at radius 1 is 1.44 bits per heavy atom. The molecule has 0 bridgehead atoms. The molecule has 3 N–H and O–H groups in total. The van der Waals surface area contributed by atoms with Gasteiger partial charge < -0.3 is 15.3 Å². The van der Waals surface area contributed by atoms with Gasteiger partial charge in [0.2, 0.25) is 5.91 Å². The van der Waals surface area contributed by atoms with Gasteiger partial charge in [-0.25, -0.2) is 0 Å². The van der Waals surface area contributed by atoms with Gasteiger partial charge in [-0.15, -0.1) is 0 Å². The van der Waals surface area contributed by atoms with E-state index in [1.807, 2.05) is 12.1 Å². The molecular weight excluding hydrogens is 246 g/mol. The van der Waals surface area contributed by atoms with Gasteiger partial charge in [-0.2, -0.15) is 0 Å². The second-order valence-corrected chi connectivity index (χ2v) is 4.86. The molecule has 0 saturated heterocycles. The number of nitrogens with one attached hydrogen (secondary N) is 1. The van der Waals surface area contributed by atoms with Gasteiger partial charge in [-0.1, -0.05) is 12.1 Å². The zero-order valence-corrected chi connectivity index (χ0v) is 11.2. The van der Waals surface area contributed by atoms with Gasteiger partial charge in [-0.05, 0) is 43.6 Å². The maximum atomic E-state index is 10.7. The number of fused-ring (bicyclic) bond motifs is 1. The van der Waals surface area contributed by atoms with Crippen LogP contribution < -0.4 is 5.73 Å². The highest BCUT2D eigenvalue weighted by Gasteiger charge is 2.06. The van der Waals surface area contributed by atoms with Crippen molar-refractivity contribution < 1.29 is 4.79 Å². The molecule has 2 rings (SSSR count). The Hall–Kier alpha value is -1.62. The topological polar surface area (TPSA) is 63.8 Å². The predicted molar refractivity (Wildman–Crippen MR) is 74.9 cm³/mol. The van der Waals surface area contributed by atoms with Crippen molar-refractivity contribution in [1.29, 1.82) is 0 Å². The normalized spacial score (nSPS) is 10.9. The molecular formula is C13H17N3OS. The summed E-state index contributed by atoms with van der Waals surface area (Å²) in [4.78, 5) is 13.9. The van der Waals surface area contributed by atoms with E-state index in [4.69, 9.17) is 18.0 Å². The van der Waals surface area contributed by atoms with E-state index in [0.29, 0.717) is 6.42 Å². The maximum Gasteiger partial charge on any atom is 0.217 e. The van der Waals surface area contributed by atoms with Gasteiger partial charge in [0.25, 0.3) is 0 Å². The number of imidazole rings is 1. The number of carbonyl (C=O) groups excluding carboxylic acids is 1. The van der Waals surface area contributed by atoms with E-state index in [-0.39, 0.29) is 5.91 Å². The fourth-order valence-electron chi connectivity index (χ4n) is 2.18. The Labute approximate surface area is 111 Å². The first kappa shape index (κ1) is 12.8. The SMILES string of the molecule is Cc1cccc2[nH]c(=S)n(CCCCC(N)=O)c12. The van der Waals surface area contributed by atoms with Crippen molar-refractivity contribution in [3.05, 3.63) is 28.5 Å². The van der Waals surface area contributed by atoms with E-state index in [0.717, 1.165) is 35.2 Å². The molecule has 0 spiro atoms. The zero-order valence-electron chi connectivity index (χ0n) is 10.4. The molecule has 0 aliphatic carbocycles. The summed E-state index contributed by atoms with van der Waals surface area (Å²) in [6.45, 7) is 2.89. The van der Waals surface area contributed by atoms with E-state index >= 15 is 0 Å². The minimum Gasteiger partial charge on any atom is -0.370 e. The van der Waals surface area contributed by atoms with Crippen LogP contribution in [-0.4, -0.2) is 15.5 Å². The molecule has 4 nitrogen and oxygen atoms in total. The van der Waals surface area contributed by atoms with Gasteiger partial charge in [0, 0.05) is 13.0 Å². The number of rotatable bonds is 5. The second-order valence-electron chi connectivity index (χ2n) is 4.48. The molecule has 18 heavy (non-hydrogen) atoms. The lowest BCUT2D eigenvalue weighted by Gasteiger charge is -2.05. The molecule has 1 aromatic heterocycles. The number of carbonyl (C=O) groups is 1. The second kappa shape index (κ2) is 5.35. The Balaban J connectivity index is 2.20. The summed E-state index contributed by atoms with van der Waals surface area (Å²) in [6, 6.07) is 6.11. The third-order valence-corrected chi connectivity index (χ3v) is 3.37. The van der Waals surface area contributed by atoms with Crippen molar-refractivity contribution >= 4 is 29.2 Å². The van der Waals surface area contributed by atoms with Crippen LogP contribution >= 0.6 is 12.2 Å². The molecule has 0 atom stereocenters. The lowest BCUT2D eigenvalue weighted by Crippen LogP contribution is -2.10. The fraction of sp³-hybridized carbons (Fsp3) is 0.385. The number of nitrogens with two attached hydrogens (primary N) is 1. The summed E-state index contributed by atoms with van der Waals surface area (Å²) in [5.41, 5.74) is 8.55. The first-order valence-corrected chi connectivity index (χ1v) is 6.47. The summed E-state index contributed by atoms with van der Waals surface area (Å²) < 4.78 is 2.83. The van der Waals surface area contributed by atoms with Gasteiger partial charge in [0.15, 0.2) is 4.77 Å². The summed E-state index contributed by atoms with van der Waals surface area (Å²) in [6.07, 6.45) is 2.14. The van der Waals surface area contributed by atoms with Crippen LogP contribution in [0.3, 0.4) is 0 Å². The Kier molecular flexibility index (Phi) is 3.81. The van der Waals surface area contributed by atoms with Crippen molar-refractivity contribution in [2.75, 3.05) is 0 Å². The number of aromatic nitrogens is 2. The lowest BCUT2D eigenvalue weighted by molar-refractivity contribution is -0.118. The number of para-hydroxylation sites is 1. The predicted octanol–water partition coefficient (Wildman–Crippen LogP) is 2.66. The molecule has 1 aromatic carbocycles. The molecule has 0 unspecified atom stereocenters. The monoisotopic (exact) mass is 263 g/mol. The third kappa shape index (κ3) is 2.61. The molecule has 1 heterocycles. The number of amides is 1. The molecule has 0 saturated carbocycles. The van der Waals surface area contributed by atoms with E-state index in [2.05, 4.69) is 22.5 Å². The van der Waals surface area contributed by atoms with Crippen LogP contribution in [-0.2, 0) is 11.3 Å². The summed E-state index contributed by atoms with van der Waals surface area (Å²) >= 11 is 5.33. The summed E-state index contributed by atoms with van der Waals surface area (Å²) in [5, 5.41) is 0. The number of nitrogens with zero attached hydrogens (tertiary/aromatic N) is 1. The number of benzene rings is 1. The van der Waals surface area contributed by atoms with Crippen molar-refractivity contribution in [3.63, 3.8) is 0 Å². The standard InChI is InChI=1S/C13H17N3OS/c1-9-5-4-6-10-12(9)16(13(18)15-10)8-3-2-7-11(14)17/h4-6H,2-3,7-8H2,1H3,(H2,14,17)(H,15,18). The van der Waals surface area contributed by atoms with Crippen LogP contribution in [0, 0.1) is 11.7 Å². The van der Waals surface area contributed by atoms with Crippen LogP contribution in [0.4, 0.5) is 0 Å². The summed E-state index contributed by atoms with van der Waals surface area (Å²) in [7, 11) is 0. The van der Waals surface area contributed by atoms with Crippen LogP contribution in [0.25, 0.3) is 11.0 Å². The number of hydrogen-bond acceptors (Lipinski definition) is 2. The number of aromatic amines is 1. The molecule has 0 fully saturated rings. The molecule has 5 heteroatoms. The third-order valence-electron chi connectivity index (χ3n) is 3.05. The zero-order chi connectivity index (χ0) is 13.1. The van der Waals surface area contributed by atoms with Crippen LogP contribution in [0.15, 0.2) is 18.2 Å². The highest BCUT2D eigenvalue weighted by molar-refractivity contribution is 7.71. The molecule has 0 aliphatic rings. The number of primary amides is 1. The van der Waals surface area contributed by atoms with E-state index in [1.54, 1.807) is 0 Å². The minimum atomic E-state index is -0.242. The van der Waals surface area contributed by atoms with Crippen LogP contribution in [0.2, 0.25) is 0 Å². The average molecular weight is 263 g/mol. The van der Waals surface area contributed by atoms with E-state index in [9.17, 15) is 4.79 Å². The Morgan fingerprint density at radius 3 is 2.94 bits per heavy atom. The highest BCUT2D eigenvalue weighted by Crippen LogP contribution is 2.19. The van der Waals surface area contributed by atoms with Gasteiger partial charge in [0.1, 0.15) is 0 Å². The number of hydrogen-bond donors (Lipinski definition) is 2.